The van der Waals surface area contributed by atoms with Crippen LogP contribution < -0.4 is 10.2 Å². The van der Waals surface area contributed by atoms with Crippen LogP contribution in [0.25, 0.3) is 0 Å². The molecule has 1 amide bonds. The number of nitrogens with one attached hydrogen (secondary N) is 1. The van der Waals surface area contributed by atoms with E-state index in [4.69, 9.17) is 4.74 Å². The van der Waals surface area contributed by atoms with Crippen molar-refractivity contribution in [2.24, 2.45) is 5.10 Å². The SMILES string of the molecule is COc1cccc(C(C)=NNC(=O)c2cccnc2)c1. The van der Waals surface area contributed by atoms with E-state index in [0.29, 0.717) is 11.3 Å². The van der Waals surface area contributed by atoms with Gasteiger partial charge in [0.25, 0.3) is 5.91 Å². The molecule has 5 heteroatoms. The predicted molar refractivity (Wildman–Crippen MR) is 76.9 cm³/mol. The lowest BCUT2D eigenvalue weighted by atomic mass is 10.1. The molecule has 0 fully saturated rings. The Hall–Kier alpha value is -2.69. The lowest BCUT2D eigenvalue weighted by Gasteiger charge is -2.05. The smallest absolute Gasteiger partial charge is 0.272 e. The van der Waals surface area contributed by atoms with Crippen LogP contribution in [-0.4, -0.2) is 23.7 Å². The number of hydrazone groups is 1. The van der Waals surface area contributed by atoms with Gasteiger partial charge in [-0.2, -0.15) is 5.10 Å². The fraction of sp³-hybridized carbons (Fsp3) is 0.133. The number of rotatable bonds is 4. The number of nitrogens with zero attached hydrogens (tertiary/aromatic N) is 2. The third-order valence-electron chi connectivity index (χ3n) is 2.74. The Kier molecular flexibility index (Phi) is 4.44. The molecule has 2 aromatic rings. The number of ether oxygens (including phenoxy) is 1. The van der Waals surface area contributed by atoms with Crippen molar-refractivity contribution in [3.63, 3.8) is 0 Å². The molecule has 102 valence electrons. The molecule has 5 nitrogen and oxygen atoms in total. The molecule has 1 heterocycles. The van der Waals surface area contributed by atoms with E-state index in [1.807, 2.05) is 31.2 Å². The number of hydrogen-bond donors (Lipinski definition) is 1. The summed E-state index contributed by atoms with van der Waals surface area (Å²) in [4.78, 5) is 15.7. The second kappa shape index (κ2) is 6.47. The van der Waals surface area contributed by atoms with Crippen LogP contribution in [0.2, 0.25) is 0 Å². The van der Waals surface area contributed by atoms with E-state index >= 15 is 0 Å². The molecule has 1 aromatic heterocycles. The molecule has 0 saturated heterocycles. The van der Waals surface area contributed by atoms with E-state index in [9.17, 15) is 4.79 Å². The summed E-state index contributed by atoms with van der Waals surface area (Å²) >= 11 is 0. The molecule has 0 aliphatic carbocycles. The molecule has 0 saturated carbocycles. The fourth-order valence-corrected chi connectivity index (χ4v) is 1.61. The number of carbonyl (C=O) groups is 1. The van der Waals surface area contributed by atoms with Crippen molar-refractivity contribution in [3.8, 4) is 5.75 Å². The van der Waals surface area contributed by atoms with E-state index < -0.39 is 0 Å². The molecule has 0 atom stereocenters. The van der Waals surface area contributed by atoms with Gasteiger partial charge in [0.2, 0.25) is 0 Å². The van der Waals surface area contributed by atoms with Crippen LogP contribution in [0.15, 0.2) is 53.9 Å². The Balaban J connectivity index is 2.09. The van der Waals surface area contributed by atoms with E-state index in [2.05, 4.69) is 15.5 Å². The van der Waals surface area contributed by atoms with Crippen molar-refractivity contribution in [1.82, 2.24) is 10.4 Å². The topological polar surface area (TPSA) is 63.6 Å². The maximum atomic E-state index is 11.8. The molecular weight excluding hydrogens is 254 g/mol. The van der Waals surface area contributed by atoms with Crippen molar-refractivity contribution in [1.29, 1.82) is 0 Å². The van der Waals surface area contributed by atoms with Crippen molar-refractivity contribution in [3.05, 3.63) is 59.9 Å². The van der Waals surface area contributed by atoms with E-state index in [1.54, 1.807) is 25.4 Å². The van der Waals surface area contributed by atoms with Crippen molar-refractivity contribution in [2.75, 3.05) is 7.11 Å². The average Bonchev–Trinajstić information content (AvgIpc) is 2.53. The highest BCUT2D eigenvalue weighted by molar-refractivity contribution is 6.01. The summed E-state index contributed by atoms with van der Waals surface area (Å²) in [7, 11) is 1.61. The summed E-state index contributed by atoms with van der Waals surface area (Å²) in [5, 5.41) is 4.08. The van der Waals surface area contributed by atoms with E-state index in [-0.39, 0.29) is 5.91 Å². The zero-order chi connectivity index (χ0) is 14.4. The molecular formula is C15H15N3O2. The fourth-order valence-electron chi connectivity index (χ4n) is 1.61. The van der Waals surface area contributed by atoms with Crippen LogP contribution in [0, 0.1) is 0 Å². The number of hydrogen-bond acceptors (Lipinski definition) is 4. The van der Waals surface area contributed by atoms with Gasteiger partial charge in [-0.1, -0.05) is 12.1 Å². The van der Waals surface area contributed by atoms with Gasteiger partial charge in [-0.3, -0.25) is 9.78 Å². The van der Waals surface area contributed by atoms with Gasteiger partial charge in [0.15, 0.2) is 0 Å². The van der Waals surface area contributed by atoms with Gasteiger partial charge < -0.3 is 4.74 Å². The van der Waals surface area contributed by atoms with Gasteiger partial charge in [-0.15, -0.1) is 0 Å². The van der Waals surface area contributed by atoms with Crippen LogP contribution in [0.4, 0.5) is 0 Å². The summed E-state index contributed by atoms with van der Waals surface area (Å²) in [5.74, 6) is 0.455. The molecule has 0 unspecified atom stereocenters. The molecule has 0 radical (unpaired) electrons. The summed E-state index contributed by atoms with van der Waals surface area (Å²) in [5.41, 5.74) is 4.55. The van der Waals surface area contributed by atoms with E-state index in [1.165, 1.54) is 6.20 Å². The maximum absolute atomic E-state index is 11.8. The van der Waals surface area contributed by atoms with Gasteiger partial charge in [0.1, 0.15) is 5.75 Å². The first-order valence-corrected chi connectivity index (χ1v) is 6.10. The zero-order valence-corrected chi connectivity index (χ0v) is 11.3. The lowest BCUT2D eigenvalue weighted by Crippen LogP contribution is -2.19. The molecule has 0 spiro atoms. The number of pyridine rings is 1. The number of carbonyl (C=O) groups excluding carboxylic acids is 1. The third kappa shape index (κ3) is 3.41. The van der Waals surface area contributed by atoms with Crippen molar-refractivity contribution < 1.29 is 9.53 Å². The van der Waals surface area contributed by atoms with Gasteiger partial charge in [0.05, 0.1) is 18.4 Å². The summed E-state index contributed by atoms with van der Waals surface area (Å²) in [6.45, 7) is 1.82. The minimum atomic E-state index is -0.291. The highest BCUT2D eigenvalue weighted by atomic mass is 16.5. The maximum Gasteiger partial charge on any atom is 0.272 e. The van der Waals surface area contributed by atoms with Gasteiger partial charge in [-0.25, -0.2) is 5.43 Å². The quantitative estimate of drug-likeness (QED) is 0.684. The van der Waals surface area contributed by atoms with Crippen LogP contribution in [0.3, 0.4) is 0 Å². The lowest BCUT2D eigenvalue weighted by molar-refractivity contribution is 0.0954. The number of benzene rings is 1. The predicted octanol–water partition coefficient (Wildman–Crippen LogP) is 2.24. The van der Waals surface area contributed by atoms with Crippen LogP contribution in [0.1, 0.15) is 22.8 Å². The van der Waals surface area contributed by atoms with Gasteiger partial charge in [0, 0.05) is 18.0 Å². The zero-order valence-electron chi connectivity index (χ0n) is 11.3. The Morgan fingerprint density at radius 1 is 1.25 bits per heavy atom. The van der Waals surface area contributed by atoms with Crippen molar-refractivity contribution in [2.45, 2.75) is 6.92 Å². The molecule has 1 N–H and O–H groups in total. The molecule has 20 heavy (non-hydrogen) atoms. The first-order chi connectivity index (χ1) is 9.70. The first kappa shape index (κ1) is 13.7. The average molecular weight is 269 g/mol. The third-order valence-corrected chi connectivity index (χ3v) is 2.74. The Morgan fingerprint density at radius 2 is 2.05 bits per heavy atom. The van der Waals surface area contributed by atoms with Crippen LogP contribution >= 0.6 is 0 Å². The van der Waals surface area contributed by atoms with Gasteiger partial charge >= 0.3 is 0 Å². The standard InChI is InChI=1S/C15H15N3O2/c1-11(12-5-3-7-14(9-12)20-2)17-18-15(19)13-6-4-8-16-10-13/h3-10H,1-2H3,(H,18,19). The minimum absolute atomic E-state index is 0.291. The normalized spacial score (nSPS) is 11.0. The monoisotopic (exact) mass is 269 g/mol. The van der Waals surface area contributed by atoms with Crippen LogP contribution in [-0.2, 0) is 0 Å². The Labute approximate surface area is 117 Å². The largest absolute Gasteiger partial charge is 0.497 e. The molecule has 2 rings (SSSR count). The number of methoxy groups -OCH3 is 1. The Morgan fingerprint density at radius 3 is 2.75 bits per heavy atom. The van der Waals surface area contributed by atoms with E-state index in [0.717, 1.165) is 11.3 Å². The molecule has 0 aliphatic heterocycles. The highest BCUT2D eigenvalue weighted by Gasteiger charge is 2.04. The minimum Gasteiger partial charge on any atom is -0.497 e. The van der Waals surface area contributed by atoms with Gasteiger partial charge in [-0.05, 0) is 31.2 Å². The van der Waals surface area contributed by atoms with Crippen molar-refractivity contribution >= 4 is 11.6 Å². The number of amides is 1. The van der Waals surface area contributed by atoms with Crippen LogP contribution in [0.5, 0.6) is 5.75 Å². The summed E-state index contributed by atoms with van der Waals surface area (Å²) in [6, 6.07) is 10.9. The summed E-state index contributed by atoms with van der Waals surface area (Å²) < 4.78 is 5.15. The number of aromatic nitrogens is 1. The molecule has 1 aromatic carbocycles. The highest BCUT2D eigenvalue weighted by Crippen LogP contribution is 2.13. The Bertz CT molecular complexity index is 624. The summed E-state index contributed by atoms with van der Waals surface area (Å²) in [6.07, 6.45) is 3.10. The second-order valence-corrected chi connectivity index (χ2v) is 4.11. The second-order valence-electron chi connectivity index (χ2n) is 4.11. The molecule has 0 aliphatic rings. The first-order valence-electron chi connectivity index (χ1n) is 6.10. The molecule has 0 bridgehead atoms.